The maximum Gasteiger partial charge on any atom is 0.344 e. The monoisotopic (exact) mass is 246 g/mol. The Kier molecular flexibility index (Phi) is 4.82. The molecule has 96 valence electrons. The summed E-state index contributed by atoms with van der Waals surface area (Å²) in [7, 11) is 0. The minimum atomic E-state index is -0.298. The second kappa shape index (κ2) is 6.84. The third kappa shape index (κ3) is 4.24. The predicted octanol–water partition coefficient (Wildman–Crippen LogP) is 2.96. The van der Waals surface area contributed by atoms with Crippen LogP contribution >= 0.6 is 0 Å². The van der Waals surface area contributed by atoms with Gasteiger partial charge in [-0.05, 0) is 37.3 Å². The minimum Gasteiger partial charge on any atom is -0.482 e. The smallest absolute Gasteiger partial charge is 0.344 e. The molecule has 1 aliphatic rings. The first kappa shape index (κ1) is 12.7. The van der Waals surface area contributed by atoms with Crippen LogP contribution in [0.2, 0.25) is 0 Å². The number of hydrogen-bond donors (Lipinski definition) is 0. The zero-order valence-electron chi connectivity index (χ0n) is 10.4. The van der Waals surface area contributed by atoms with Crippen molar-refractivity contribution in [3.05, 3.63) is 42.5 Å². The highest BCUT2D eigenvalue weighted by Gasteiger charge is 2.12. The summed E-state index contributed by atoms with van der Waals surface area (Å²) in [5, 5.41) is 0. The first-order valence-corrected chi connectivity index (χ1v) is 6.33. The van der Waals surface area contributed by atoms with Crippen molar-refractivity contribution in [1.29, 1.82) is 0 Å². The van der Waals surface area contributed by atoms with E-state index in [0.717, 1.165) is 19.3 Å². The highest BCUT2D eigenvalue weighted by atomic mass is 16.6. The summed E-state index contributed by atoms with van der Waals surface area (Å²) in [4.78, 5) is 11.5. The molecule has 1 aliphatic carbocycles. The van der Waals surface area contributed by atoms with E-state index in [2.05, 4.69) is 12.2 Å². The molecule has 0 spiro atoms. The maximum atomic E-state index is 11.5. The molecule has 0 bridgehead atoms. The molecule has 1 aromatic rings. The lowest BCUT2D eigenvalue weighted by molar-refractivity contribution is -0.147. The molecule has 18 heavy (non-hydrogen) atoms. The highest BCUT2D eigenvalue weighted by Crippen LogP contribution is 2.18. The Morgan fingerprint density at radius 2 is 2.06 bits per heavy atom. The normalized spacial score (nSPS) is 18.3. The average molecular weight is 246 g/mol. The number of carbonyl (C=O) groups excluding carboxylic acids is 1. The minimum absolute atomic E-state index is 0.0213. The summed E-state index contributed by atoms with van der Waals surface area (Å²) in [6.45, 7) is 0.480. The van der Waals surface area contributed by atoms with Crippen LogP contribution < -0.4 is 4.74 Å². The molecule has 0 saturated heterocycles. The molecule has 0 aliphatic heterocycles. The standard InChI is InChI=1S/C15H18O3/c16-15(12-17-14-9-5-2-6-10-14)18-11-13-7-3-1-4-8-13/h1-3,5-6,9-10,13H,4,7-8,11-12H2. The van der Waals surface area contributed by atoms with Crippen LogP contribution in [-0.4, -0.2) is 19.2 Å². The van der Waals surface area contributed by atoms with Gasteiger partial charge in [-0.15, -0.1) is 0 Å². The number of ether oxygens (including phenoxy) is 2. The molecule has 1 aromatic carbocycles. The molecule has 3 heteroatoms. The Hall–Kier alpha value is -1.77. The fraction of sp³-hybridized carbons (Fsp3) is 0.400. The van der Waals surface area contributed by atoms with E-state index in [1.54, 1.807) is 0 Å². The fourth-order valence-electron chi connectivity index (χ4n) is 1.92. The van der Waals surface area contributed by atoms with E-state index in [-0.39, 0.29) is 12.6 Å². The lowest BCUT2D eigenvalue weighted by Gasteiger charge is -2.17. The molecule has 0 aromatic heterocycles. The lowest BCUT2D eigenvalue weighted by Crippen LogP contribution is -2.19. The van der Waals surface area contributed by atoms with Gasteiger partial charge in [0.15, 0.2) is 6.61 Å². The number of benzene rings is 1. The Balaban J connectivity index is 1.64. The average Bonchev–Trinajstić information content (AvgIpc) is 2.45. The van der Waals surface area contributed by atoms with Crippen LogP contribution in [0.3, 0.4) is 0 Å². The van der Waals surface area contributed by atoms with E-state index in [4.69, 9.17) is 9.47 Å². The molecular weight excluding hydrogens is 228 g/mol. The zero-order valence-corrected chi connectivity index (χ0v) is 10.4. The SMILES string of the molecule is O=C(COc1ccccc1)OCC1CC=CCC1. The van der Waals surface area contributed by atoms with Crippen LogP contribution in [0.25, 0.3) is 0 Å². The lowest BCUT2D eigenvalue weighted by atomic mass is 9.95. The summed E-state index contributed by atoms with van der Waals surface area (Å²) in [5.41, 5.74) is 0. The van der Waals surface area contributed by atoms with Crippen molar-refractivity contribution in [3.8, 4) is 5.75 Å². The van der Waals surface area contributed by atoms with E-state index >= 15 is 0 Å². The van der Waals surface area contributed by atoms with Crippen LogP contribution in [0.4, 0.5) is 0 Å². The van der Waals surface area contributed by atoms with Crippen LogP contribution in [0.15, 0.2) is 42.5 Å². The predicted molar refractivity (Wildman–Crippen MR) is 69.4 cm³/mol. The molecule has 2 rings (SSSR count). The molecule has 0 fully saturated rings. The van der Waals surface area contributed by atoms with Gasteiger partial charge in [-0.25, -0.2) is 4.79 Å². The highest BCUT2D eigenvalue weighted by molar-refractivity contribution is 5.71. The summed E-state index contributed by atoms with van der Waals surface area (Å²) < 4.78 is 10.5. The molecule has 0 heterocycles. The largest absolute Gasteiger partial charge is 0.482 e. The van der Waals surface area contributed by atoms with Crippen molar-refractivity contribution in [3.63, 3.8) is 0 Å². The maximum absolute atomic E-state index is 11.5. The molecule has 0 saturated carbocycles. The van der Waals surface area contributed by atoms with E-state index < -0.39 is 0 Å². The number of rotatable bonds is 5. The second-order valence-corrected chi connectivity index (χ2v) is 4.44. The Morgan fingerprint density at radius 1 is 1.22 bits per heavy atom. The Bertz CT molecular complexity index is 397. The van der Waals surface area contributed by atoms with E-state index in [1.165, 1.54) is 0 Å². The number of carbonyl (C=O) groups is 1. The molecule has 0 radical (unpaired) electrons. The Labute approximate surface area is 107 Å². The molecular formula is C15H18O3. The van der Waals surface area contributed by atoms with Gasteiger partial charge in [0, 0.05) is 0 Å². The van der Waals surface area contributed by atoms with Gasteiger partial charge in [-0.2, -0.15) is 0 Å². The summed E-state index contributed by atoms with van der Waals surface area (Å²) in [6, 6.07) is 9.28. The topological polar surface area (TPSA) is 35.5 Å². The molecule has 3 nitrogen and oxygen atoms in total. The first-order valence-electron chi connectivity index (χ1n) is 6.33. The van der Waals surface area contributed by atoms with Gasteiger partial charge in [0.2, 0.25) is 0 Å². The number of allylic oxidation sites excluding steroid dienone is 2. The molecule has 0 N–H and O–H groups in total. The van der Waals surface area contributed by atoms with Crippen molar-refractivity contribution >= 4 is 5.97 Å². The number of esters is 1. The van der Waals surface area contributed by atoms with Gasteiger partial charge < -0.3 is 9.47 Å². The summed E-state index contributed by atoms with van der Waals surface area (Å²) >= 11 is 0. The van der Waals surface area contributed by atoms with Crippen molar-refractivity contribution in [2.75, 3.05) is 13.2 Å². The molecule has 1 unspecified atom stereocenters. The van der Waals surface area contributed by atoms with Gasteiger partial charge in [0.1, 0.15) is 5.75 Å². The zero-order chi connectivity index (χ0) is 12.6. The van der Waals surface area contributed by atoms with Crippen LogP contribution in [0, 0.1) is 5.92 Å². The van der Waals surface area contributed by atoms with Crippen LogP contribution in [0.1, 0.15) is 19.3 Å². The van der Waals surface area contributed by atoms with Gasteiger partial charge >= 0.3 is 5.97 Å². The van der Waals surface area contributed by atoms with Gasteiger partial charge in [0.05, 0.1) is 6.61 Å². The van der Waals surface area contributed by atoms with E-state index in [0.29, 0.717) is 18.3 Å². The van der Waals surface area contributed by atoms with Gasteiger partial charge in [-0.3, -0.25) is 0 Å². The molecule has 0 amide bonds. The fourth-order valence-corrected chi connectivity index (χ4v) is 1.92. The Morgan fingerprint density at radius 3 is 2.78 bits per heavy atom. The van der Waals surface area contributed by atoms with Crippen molar-refractivity contribution < 1.29 is 14.3 Å². The van der Waals surface area contributed by atoms with Crippen LogP contribution in [-0.2, 0) is 9.53 Å². The molecule has 1 atom stereocenters. The van der Waals surface area contributed by atoms with Crippen molar-refractivity contribution in [2.24, 2.45) is 5.92 Å². The quantitative estimate of drug-likeness (QED) is 0.592. The van der Waals surface area contributed by atoms with E-state index in [1.807, 2.05) is 30.3 Å². The van der Waals surface area contributed by atoms with Crippen molar-refractivity contribution in [1.82, 2.24) is 0 Å². The number of hydrogen-bond acceptors (Lipinski definition) is 3. The second-order valence-electron chi connectivity index (χ2n) is 4.44. The third-order valence-corrected chi connectivity index (χ3v) is 2.96. The summed E-state index contributed by atoms with van der Waals surface area (Å²) in [6.07, 6.45) is 7.53. The van der Waals surface area contributed by atoms with Crippen LogP contribution in [0.5, 0.6) is 5.75 Å². The number of para-hydroxylation sites is 1. The first-order chi connectivity index (χ1) is 8.84. The van der Waals surface area contributed by atoms with Gasteiger partial charge in [-0.1, -0.05) is 30.4 Å². The van der Waals surface area contributed by atoms with Gasteiger partial charge in [0.25, 0.3) is 0 Å². The third-order valence-electron chi connectivity index (χ3n) is 2.96. The van der Waals surface area contributed by atoms with Crippen molar-refractivity contribution in [2.45, 2.75) is 19.3 Å². The van der Waals surface area contributed by atoms with E-state index in [9.17, 15) is 4.79 Å². The summed E-state index contributed by atoms with van der Waals surface area (Å²) in [5.74, 6) is 0.860.